The molecule has 2 rings (SSSR count). The van der Waals surface area contributed by atoms with E-state index in [1.165, 1.54) is 11.3 Å². The molecule has 0 fully saturated rings. The summed E-state index contributed by atoms with van der Waals surface area (Å²) in [4.78, 5) is 0. The third-order valence-corrected chi connectivity index (χ3v) is 5.54. The van der Waals surface area contributed by atoms with E-state index in [0.717, 1.165) is 14.2 Å². The van der Waals surface area contributed by atoms with Crippen LogP contribution in [0.1, 0.15) is 5.56 Å². The van der Waals surface area contributed by atoms with E-state index in [1.807, 2.05) is 35.7 Å². The number of benzene rings is 1. The molecule has 0 aliphatic carbocycles. The number of nitrogen functional groups attached to an aromatic ring is 1. The van der Waals surface area contributed by atoms with Gasteiger partial charge in [0.2, 0.25) is 0 Å². The minimum atomic E-state index is -1.02. The molecule has 0 radical (unpaired) electrons. The fraction of sp³-hybridized carbons (Fsp3) is 0.0909. The molecule has 5 heteroatoms. The smallest absolute Gasteiger partial charge is 0.0913 e. The maximum absolute atomic E-state index is 12.0. The van der Waals surface area contributed by atoms with E-state index in [2.05, 4.69) is 15.9 Å². The van der Waals surface area contributed by atoms with Crippen molar-refractivity contribution in [3.8, 4) is 0 Å². The SMILES string of the molecule is Nc1cccc(Br)c1CS(=O)c1cccs1. The average Bonchev–Trinajstić information content (AvgIpc) is 2.76. The van der Waals surface area contributed by atoms with Crippen molar-refractivity contribution in [2.45, 2.75) is 9.96 Å². The molecule has 0 spiro atoms. The molecule has 1 heterocycles. The topological polar surface area (TPSA) is 43.1 Å². The highest BCUT2D eigenvalue weighted by atomic mass is 79.9. The summed E-state index contributed by atoms with van der Waals surface area (Å²) >= 11 is 4.93. The van der Waals surface area contributed by atoms with Crippen molar-refractivity contribution in [2.24, 2.45) is 0 Å². The molecular weight excluding hydrogens is 306 g/mol. The number of rotatable bonds is 3. The van der Waals surface area contributed by atoms with Crippen molar-refractivity contribution in [1.82, 2.24) is 0 Å². The Morgan fingerprint density at radius 3 is 2.75 bits per heavy atom. The highest BCUT2D eigenvalue weighted by molar-refractivity contribution is 9.10. The average molecular weight is 316 g/mol. The number of halogens is 1. The largest absolute Gasteiger partial charge is 0.398 e. The maximum Gasteiger partial charge on any atom is 0.0913 e. The zero-order chi connectivity index (χ0) is 11.5. The van der Waals surface area contributed by atoms with Gasteiger partial charge >= 0.3 is 0 Å². The van der Waals surface area contributed by atoms with Crippen LogP contribution in [0.15, 0.2) is 44.4 Å². The highest BCUT2D eigenvalue weighted by Gasteiger charge is 2.10. The molecular formula is C11H10BrNOS2. The van der Waals surface area contributed by atoms with Crippen LogP contribution in [-0.4, -0.2) is 4.21 Å². The Balaban J connectivity index is 2.25. The highest BCUT2D eigenvalue weighted by Crippen LogP contribution is 2.26. The molecule has 1 aromatic heterocycles. The molecule has 2 aromatic rings. The first-order valence-corrected chi connectivity index (χ1v) is 7.62. The lowest BCUT2D eigenvalue weighted by atomic mass is 10.2. The molecule has 0 aliphatic rings. The summed E-state index contributed by atoms with van der Waals surface area (Å²) < 4.78 is 13.8. The first-order valence-electron chi connectivity index (χ1n) is 4.63. The van der Waals surface area contributed by atoms with E-state index in [0.29, 0.717) is 11.4 Å². The van der Waals surface area contributed by atoms with Crippen LogP contribution in [0.25, 0.3) is 0 Å². The fourth-order valence-corrected chi connectivity index (χ4v) is 4.21. The number of nitrogens with two attached hydrogens (primary N) is 1. The van der Waals surface area contributed by atoms with E-state index in [4.69, 9.17) is 5.73 Å². The van der Waals surface area contributed by atoms with Crippen LogP contribution in [-0.2, 0) is 16.6 Å². The summed E-state index contributed by atoms with van der Waals surface area (Å²) in [6.07, 6.45) is 0. The van der Waals surface area contributed by atoms with Crippen LogP contribution in [0, 0.1) is 0 Å². The number of hydrogen-bond donors (Lipinski definition) is 1. The Labute approximate surface area is 109 Å². The molecule has 0 aliphatic heterocycles. The Morgan fingerprint density at radius 2 is 2.12 bits per heavy atom. The second-order valence-corrected chi connectivity index (χ2v) is 6.71. The van der Waals surface area contributed by atoms with Gasteiger partial charge in [-0.05, 0) is 23.6 Å². The predicted molar refractivity (Wildman–Crippen MR) is 73.0 cm³/mol. The molecule has 2 nitrogen and oxygen atoms in total. The van der Waals surface area contributed by atoms with Gasteiger partial charge in [0.25, 0.3) is 0 Å². The van der Waals surface area contributed by atoms with Crippen LogP contribution in [0.5, 0.6) is 0 Å². The summed E-state index contributed by atoms with van der Waals surface area (Å²) in [6, 6.07) is 9.40. The normalized spacial score (nSPS) is 12.6. The molecule has 0 amide bonds. The Bertz CT molecular complexity index is 490. The lowest BCUT2D eigenvalue weighted by molar-refractivity contribution is 0.684. The lowest BCUT2D eigenvalue weighted by Gasteiger charge is -2.06. The van der Waals surface area contributed by atoms with Gasteiger partial charge < -0.3 is 5.73 Å². The zero-order valence-electron chi connectivity index (χ0n) is 8.35. The zero-order valence-corrected chi connectivity index (χ0v) is 11.6. The van der Waals surface area contributed by atoms with Crippen LogP contribution in [0.3, 0.4) is 0 Å². The molecule has 84 valence electrons. The van der Waals surface area contributed by atoms with Crippen molar-refractivity contribution in [3.05, 3.63) is 45.7 Å². The van der Waals surface area contributed by atoms with Crippen molar-refractivity contribution in [1.29, 1.82) is 0 Å². The van der Waals surface area contributed by atoms with E-state index in [1.54, 1.807) is 0 Å². The van der Waals surface area contributed by atoms with Crippen LogP contribution >= 0.6 is 27.3 Å². The second kappa shape index (κ2) is 5.12. The first-order chi connectivity index (χ1) is 7.68. The van der Waals surface area contributed by atoms with Crippen molar-refractivity contribution in [3.63, 3.8) is 0 Å². The maximum atomic E-state index is 12.0. The molecule has 0 saturated heterocycles. The monoisotopic (exact) mass is 315 g/mol. The van der Waals surface area contributed by atoms with Crippen molar-refractivity contribution in [2.75, 3.05) is 5.73 Å². The van der Waals surface area contributed by atoms with E-state index >= 15 is 0 Å². The van der Waals surface area contributed by atoms with Crippen LogP contribution in [0.2, 0.25) is 0 Å². The van der Waals surface area contributed by atoms with Crippen molar-refractivity contribution < 1.29 is 4.21 Å². The Kier molecular flexibility index (Phi) is 3.78. The minimum absolute atomic E-state index is 0.452. The Morgan fingerprint density at radius 1 is 1.31 bits per heavy atom. The van der Waals surface area contributed by atoms with E-state index < -0.39 is 10.8 Å². The van der Waals surface area contributed by atoms with Crippen LogP contribution in [0.4, 0.5) is 5.69 Å². The number of thiophene rings is 1. The van der Waals surface area contributed by atoms with E-state index in [-0.39, 0.29) is 0 Å². The lowest BCUT2D eigenvalue weighted by Crippen LogP contribution is -2.00. The quantitative estimate of drug-likeness (QED) is 0.882. The summed E-state index contributed by atoms with van der Waals surface area (Å²) in [7, 11) is -1.02. The molecule has 16 heavy (non-hydrogen) atoms. The standard InChI is InChI=1S/C11H10BrNOS2/c12-9-3-1-4-10(13)8(9)7-16(14)11-5-2-6-15-11/h1-6H,7,13H2. The predicted octanol–water partition coefficient (Wildman–Crippen LogP) is 3.40. The van der Waals surface area contributed by atoms with Gasteiger partial charge in [-0.2, -0.15) is 0 Å². The second-order valence-electron chi connectivity index (χ2n) is 3.23. The van der Waals surface area contributed by atoms with Gasteiger partial charge in [-0.3, -0.25) is 4.21 Å². The molecule has 2 N–H and O–H groups in total. The molecule has 1 unspecified atom stereocenters. The molecule has 0 bridgehead atoms. The minimum Gasteiger partial charge on any atom is -0.398 e. The molecule has 1 atom stereocenters. The number of hydrogen-bond acceptors (Lipinski definition) is 3. The van der Waals surface area contributed by atoms with Gasteiger partial charge in [0.1, 0.15) is 0 Å². The van der Waals surface area contributed by atoms with Gasteiger partial charge in [0.15, 0.2) is 0 Å². The third-order valence-electron chi connectivity index (χ3n) is 2.15. The van der Waals surface area contributed by atoms with E-state index in [9.17, 15) is 4.21 Å². The third kappa shape index (κ3) is 2.53. The van der Waals surface area contributed by atoms with Gasteiger partial charge in [0, 0.05) is 15.7 Å². The Hall–Kier alpha value is -0.650. The van der Waals surface area contributed by atoms with Gasteiger partial charge in [-0.1, -0.05) is 28.1 Å². The summed E-state index contributed by atoms with van der Waals surface area (Å²) in [5.41, 5.74) is 7.45. The van der Waals surface area contributed by atoms with Gasteiger partial charge in [-0.15, -0.1) is 11.3 Å². The summed E-state index contributed by atoms with van der Waals surface area (Å²) in [5, 5.41) is 1.93. The van der Waals surface area contributed by atoms with Crippen LogP contribution < -0.4 is 5.73 Å². The van der Waals surface area contributed by atoms with Crippen molar-refractivity contribution >= 4 is 43.8 Å². The number of anilines is 1. The summed E-state index contributed by atoms with van der Waals surface area (Å²) in [6.45, 7) is 0. The fourth-order valence-electron chi connectivity index (χ4n) is 1.32. The first kappa shape index (κ1) is 11.8. The molecule has 1 aromatic carbocycles. The van der Waals surface area contributed by atoms with Gasteiger partial charge in [-0.25, -0.2) is 0 Å². The van der Waals surface area contributed by atoms with Gasteiger partial charge in [0.05, 0.1) is 20.8 Å². The molecule has 0 saturated carbocycles. The summed E-state index contributed by atoms with van der Waals surface area (Å²) in [5.74, 6) is 0.452.